The number of hydrazine groups is 1. The molecule has 4 rings (SSSR count). The zero-order valence-corrected chi connectivity index (χ0v) is 16.5. The second-order valence-electron chi connectivity index (χ2n) is 8.03. The van der Waals surface area contributed by atoms with Crippen molar-refractivity contribution < 1.29 is 22.6 Å². The molecular weight excluding hydrogens is 408 g/mol. The third-order valence-electron chi connectivity index (χ3n) is 5.79. The lowest BCUT2D eigenvalue weighted by Crippen LogP contribution is -2.40. The third-order valence-corrected chi connectivity index (χ3v) is 5.79. The minimum absolute atomic E-state index is 0.000764. The van der Waals surface area contributed by atoms with Crippen molar-refractivity contribution in [2.45, 2.75) is 75.3 Å². The summed E-state index contributed by atoms with van der Waals surface area (Å²) in [6, 6.07) is 1.78. The maximum absolute atomic E-state index is 12.9. The normalized spacial score (nSPS) is 23.9. The summed E-state index contributed by atoms with van der Waals surface area (Å²) in [7, 11) is 0. The van der Waals surface area contributed by atoms with Gasteiger partial charge in [0.05, 0.1) is 12.2 Å². The molecule has 2 saturated carbocycles. The molecule has 1 aliphatic heterocycles. The highest BCUT2D eigenvalue weighted by molar-refractivity contribution is 5.24. The fourth-order valence-electron chi connectivity index (χ4n) is 3.97. The van der Waals surface area contributed by atoms with Crippen molar-refractivity contribution in [2.75, 3.05) is 12.4 Å². The van der Waals surface area contributed by atoms with Crippen molar-refractivity contribution >= 4 is 5.82 Å². The van der Waals surface area contributed by atoms with E-state index in [1.165, 1.54) is 6.20 Å². The van der Waals surface area contributed by atoms with E-state index in [2.05, 4.69) is 5.10 Å². The quantitative estimate of drug-likeness (QED) is 0.439. The van der Waals surface area contributed by atoms with Gasteiger partial charge in [0.1, 0.15) is 5.82 Å². The van der Waals surface area contributed by atoms with Crippen molar-refractivity contribution in [1.29, 1.82) is 0 Å². The van der Waals surface area contributed by atoms with Gasteiger partial charge in [0.15, 0.2) is 11.7 Å². The Morgan fingerprint density at radius 3 is 1.97 bits per heavy atom. The number of anilines is 1. The average molecular weight is 434 g/mol. The molecule has 168 valence electrons. The number of nitro groups is 1. The zero-order chi connectivity index (χ0) is 21.9. The fraction of sp³-hybridized carbons (Fsp3) is 0.722. The van der Waals surface area contributed by atoms with Gasteiger partial charge in [-0.2, -0.15) is 5.10 Å². The van der Waals surface area contributed by atoms with Gasteiger partial charge in [0.2, 0.25) is 11.8 Å². The van der Waals surface area contributed by atoms with E-state index in [0.29, 0.717) is 31.5 Å². The van der Waals surface area contributed by atoms with E-state index < -0.39 is 16.9 Å². The smallest absolute Gasteiger partial charge is 0.248 e. The van der Waals surface area contributed by atoms with Gasteiger partial charge in [0.25, 0.3) is 0 Å². The molecule has 0 radical (unpaired) electrons. The third kappa shape index (κ3) is 5.76. The molecule has 0 spiro atoms. The molecule has 8 nitrogen and oxygen atoms in total. The van der Waals surface area contributed by atoms with Gasteiger partial charge < -0.3 is 10.6 Å². The van der Waals surface area contributed by atoms with Gasteiger partial charge in [0, 0.05) is 44.1 Å². The summed E-state index contributed by atoms with van der Waals surface area (Å²) >= 11 is 0. The van der Waals surface area contributed by atoms with Crippen molar-refractivity contribution in [1.82, 2.24) is 19.7 Å². The monoisotopic (exact) mass is 434 g/mol. The van der Waals surface area contributed by atoms with Gasteiger partial charge in [-0.1, -0.05) is 5.01 Å². The molecule has 0 bridgehead atoms. The minimum Gasteiger partial charge on any atom is -0.382 e. The number of nitrogens with zero attached hydrogens (tertiary/aromatic N) is 5. The molecule has 0 amide bonds. The summed E-state index contributed by atoms with van der Waals surface area (Å²) in [5.74, 6) is -4.58. The van der Waals surface area contributed by atoms with Crippen LogP contribution in [0.3, 0.4) is 0 Å². The molecule has 1 aromatic rings. The van der Waals surface area contributed by atoms with E-state index in [4.69, 9.17) is 5.73 Å². The number of nitrogen functional groups attached to an aromatic ring is 1. The minimum atomic E-state index is -2.55. The van der Waals surface area contributed by atoms with Crippen LogP contribution in [0.15, 0.2) is 24.7 Å². The summed E-state index contributed by atoms with van der Waals surface area (Å²) in [5.41, 5.74) is 5.46. The van der Waals surface area contributed by atoms with Crippen LogP contribution in [0, 0.1) is 10.1 Å². The van der Waals surface area contributed by atoms with E-state index in [-0.39, 0.29) is 44.4 Å². The van der Waals surface area contributed by atoms with E-state index in [9.17, 15) is 27.7 Å². The Hall–Kier alpha value is -2.53. The highest BCUT2D eigenvalue weighted by Gasteiger charge is 2.38. The topological polar surface area (TPSA) is 93.5 Å². The zero-order valence-electron chi connectivity index (χ0n) is 16.5. The lowest BCUT2D eigenvalue weighted by atomic mass is 9.91. The van der Waals surface area contributed by atoms with Crippen LogP contribution in [0.25, 0.3) is 0 Å². The summed E-state index contributed by atoms with van der Waals surface area (Å²) < 4.78 is 53.2. The Morgan fingerprint density at radius 1 is 1.00 bits per heavy atom. The van der Waals surface area contributed by atoms with Crippen LogP contribution in [0.1, 0.15) is 57.4 Å². The van der Waals surface area contributed by atoms with Crippen LogP contribution in [-0.2, 0) is 0 Å². The van der Waals surface area contributed by atoms with Crippen LogP contribution in [0.4, 0.5) is 23.4 Å². The molecule has 2 N–H and O–H groups in total. The molecule has 12 heteroatoms. The Morgan fingerprint density at radius 2 is 1.53 bits per heavy atom. The number of nitrogens with two attached hydrogens (primary N) is 1. The first-order valence-electron chi connectivity index (χ1n) is 9.96. The Labute approximate surface area is 171 Å². The van der Waals surface area contributed by atoms with E-state index in [1.807, 2.05) is 0 Å². The van der Waals surface area contributed by atoms with Crippen LogP contribution < -0.4 is 5.73 Å². The first-order chi connectivity index (χ1) is 14.0. The molecule has 2 heterocycles. The fourth-order valence-corrected chi connectivity index (χ4v) is 3.97. The number of halogens is 4. The van der Waals surface area contributed by atoms with Crippen LogP contribution >= 0.6 is 0 Å². The molecule has 0 unspecified atom stereocenters. The number of hydrogen-bond donors (Lipinski definition) is 1. The second kappa shape index (κ2) is 8.68. The highest BCUT2D eigenvalue weighted by Crippen LogP contribution is 2.38. The molecular formula is C18H26F4N6O2. The summed E-state index contributed by atoms with van der Waals surface area (Å²) in [4.78, 5) is 12.2. The Kier molecular flexibility index (Phi) is 6.41. The molecule has 30 heavy (non-hydrogen) atoms. The first kappa shape index (κ1) is 22.2. The Balaban J connectivity index is 0.000000172. The second-order valence-corrected chi connectivity index (χ2v) is 8.03. The Bertz CT molecular complexity index is 752. The predicted octanol–water partition coefficient (Wildman–Crippen LogP) is 4.02. The molecule has 1 aromatic heterocycles. The largest absolute Gasteiger partial charge is 0.382 e. The molecule has 0 aromatic carbocycles. The maximum Gasteiger partial charge on any atom is 0.248 e. The average Bonchev–Trinajstić information content (AvgIpc) is 3.32. The number of hydrogen-bond acceptors (Lipinski definition) is 5. The lowest BCUT2D eigenvalue weighted by molar-refractivity contribution is -0.640. The van der Waals surface area contributed by atoms with E-state index in [1.54, 1.807) is 28.0 Å². The van der Waals surface area contributed by atoms with Gasteiger partial charge in [-0.25, -0.2) is 27.7 Å². The lowest BCUT2D eigenvalue weighted by Gasteiger charge is -2.33. The highest BCUT2D eigenvalue weighted by atomic mass is 19.3. The SMILES string of the molecule is Nc1ccn(C2CCC(F)(F)CC2)n1.O=[N+]([O-])N1C=CN(C2CCC(F)(F)CC2)C1. The molecule has 0 atom stereocenters. The first-order valence-corrected chi connectivity index (χ1v) is 9.96. The van der Waals surface area contributed by atoms with Crippen molar-refractivity contribution in [3.8, 4) is 0 Å². The van der Waals surface area contributed by atoms with Crippen LogP contribution in [0.2, 0.25) is 0 Å². The van der Waals surface area contributed by atoms with Gasteiger partial charge in [-0.3, -0.25) is 4.68 Å². The maximum atomic E-state index is 12.9. The van der Waals surface area contributed by atoms with Gasteiger partial charge in [-0.05, 0) is 31.7 Å². The van der Waals surface area contributed by atoms with Crippen LogP contribution in [0.5, 0.6) is 0 Å². The molecule has 2 aliphatic carbocycles. The number of rotatable bonds is 3. The summed E-state index contributed by atoms with van der Waals surface area (Å²) in [5, 5.41) is 14.9. The van der Waals surface area contributed by atoms with Gasteiger partial charge >= 0.3 is 0 Å². The van der Waals surface area contributed by atoms with Crippen molar-refractivity contribution in [3.63, 3.8) is 0 Å². The predicted molar refractivity (Wildman–Crippen MR) is 101 cm³/mol. The molecule has 0 saturated heterocycles. The van der Waals surface area contributed by atoms with Gasteiger partial charge in [-0.15, -0.1) is 0 Å². The number of aromatic nitrogens is 2. The van der Waals surface area contributed by atoms with Crippen molar-refractivity contribution in [2.24, 2.45) is 0 Å². The standard InChI is InChI=1S/C9H13F2N3O2.C9H13F2N3/c10-9(11)3-1-8(2-4-9)12-5-6-13(7-12)14(15)16;10-9(11)4-1-7(2-5-9)14-6-3-8(12)13-14/h5-6,8H,1-4,7H2;3,6-7H,1-2,4-5H2,(H2,12,13). The summed E-state index contributed by atoms with van der Waals surface area (Å²) in [6.07, 6.45) is 6.14. The van der Waals surface area contributed by atoms with Crippen LogP contribution in [-0.4, -0.2) is 49.3 Å². The van der Waals surface area contributed by atoms with Crippen molar-refractivity contribution in [3.05, 3.63) is 34.8 Å². The van der Waals surface area contributed by atoms with E-state index in [0.717, 1.165) is 5.01 Å². The number of alkyl halides is 4. The van der Waals surface area contributed by atoms with E-state index >= 15 is 0 Å². The molecule has 2 fully saturated rings. The molecule has 3 aliphatic rings. The summed E-state index contributed by atoms with van der Waals surface area (Å²) in [6.45, 7) is 0.156.